The molecule has 2 aliphatic carbocycles. The molecule has 1 aromatic rings. The van der Waals surface area contributed by atoms with Crippen molar-refractivity contribution in [2.24, 2.45) is 28.6 Å². The maximum atomic E-state index is 12.6. The van der Waals surface area contributed by atoms with Crippen LogP contribution in [0.2, 0.25) is 0 Å². The summed E-state index contributed by atoms with van der Waals surface area (Å²) in [6.45, 7) is 9.16. The minimum absolute atomic E-state index is 0.0250. The molecule has 2 N–H and O–H groups in total. The number of nitrogens with one attached hydrogen (secondary N) is 1. The van der Waals surface area contributed by atoms with E-state index in [1.165, 1.54) is 0 Å². The third-order valence-electron chi connectivity index (χ3n) is 7.87. The third kappa shape index (κ3) is 2.66. The molecule has 0 unspecified atom stereocenters. The number of ether oxygens (including phenoxy) is 2. The quantitative estimate of drug-likeness (QED) is 0.818. The van der Waals surface area contributed by atoms with Gasteiger partial charge in [0.2, 0.25) is 5.91 Å². The van der Waals surface area contributed by atoms with Gasteiger partial charge >= 0.3 is 0 Å². The molecule has 1 heterocycles. The van der Waals surface area contributed by atoms with Gasteiger partial charge in [-0.3, -0.25) is 4.79 Å². The van der Waals surface area contributed by atoms with Gasteiger partial charge in [-0.05, 0) is 48.0 Å². The van der Waals surface area contributed by atoms with Crippen LogP contribution in [0.4, 0.5) is 0 Å². The summed E-state index contributed by atoms with van der Waals surface area (Å²) in [7, 11) is 1.57. The van der Waals surface area contributed by atoms with Gasteiger partial charge in [0, 0.05) is 24.1 Å². The number of carbonyl (C=O) groups excluding carboxylic acids is 1. The average Bonchev–Trinajstić information content (AvgIpc) is 3.14. The van der Waals surface area contributed by atoms with Crippen LogP contribution in [0.1, 0.15) is 58.6 Å². The second-order valence-corrected chi connectivity index (χ2v) is 9.83. The predicted octanol–water partition coefficient (Wildman–Crippen LogP) is 4.06. The molecule has 154 valence electrons. The molecule has 5 nitrogen and oxygen atoms in total. The molecule has 1 aliphatic heterocycles. The molecule has 1 saturated heterocycles. The standard InChI is InChI=1S/C23H33NO4/c1-13(2)20(26)24-21-22(3,4)14-11-16-19(28-10-9-23(16,21)12-14)15-7-6-8-17(27-5)18(15)25/h6-8,13-14,16,19,21,25H,9-12H2,1-5H3,(H,24,26)/t14-,16-,19-,21-,23-/m1/s1. The van der Waals surface area contributed by atoms with Crippen LogP contribution in [0.3, 0.4) is 0 Å². The first-order valence-corrected chi connectivity index (χ1v) is 10.5. The Morgan fingerprint density at radius 2 is 2.11 bits per heavy atom. The lowest BCUT2D eigenvalue weighted by Crippen LogP contribution is -2.59. The molecule has 0 aromatic heterocycles. The van der Waals surface area contributed by atoms with Crippen molar-refractivity contribution in [1.29, 1.82) is 0 Å². The van der Waals surface area contributed by atoms with Gasteiger partial charge in [-0.2, -0.15) is 0 Å². The van der Waals surface area contributed by atoms with Gasteiger partial charge in [0.25, 0.3) is 0 Å². The number of hydrogen-bond donors (Lipinski definition) is 2. The Bertz CT molecular complexity index is 774. The molecule has 1 aromatic carbocycles. The van der Waals surface area contributed by atoms with Crippen molar-refractivity contribution in [3.05, 3.63) is 23.8 Å². The molecule has 1 spiro atoms. The van der Waals surface area contributed by atoms with Crippen molar-refractivity contribution >= 4 is 5.91 Å². The van der Waals surface area contributed by atoms with Gasteiger partial charge in [-0.1, -0.05) is 39.8 Å². The Labute approximate surface area is 167 Å². The predicted molar refractivity (Wildman–Crippen MR) is 107 cm³/mol. The lowest BCUT2D eigenvalue weighted by Gasteiger charge is -2.53. The second kappa shape index (κ2) is 6.65. The molecule has 5 heteroatoms. The van der Waals surface area contributed by atoms with Crippen LogP contribution in [0.15, 0.2) is 18.2 Å². The van der Waals surface area contributed by atoms with Gasteiger partial charge < -0.3 is 19.9 Å². The van der Waals surface area contributed by atoms with Gasteiger partial charge in [0.1, 0.15) is 0 Å². The van der Waals surface area contributed by atoms with E-state index in [2.05, 4.69) is 19.2 Å². The van der Waals surface area contributed by atoms with Gasteiger partial charge in [-0.15, -0.1) is 0 Å². The van der Waals surface area contributed by atoms with Gasteiger partial charge in [-0.25, -0.2) is 0 Å². The fourth-order valence-electron chi connectivity index (χ4n) is 6.34. The number of para-hydroxylation sites is 1. The number of methoxy groups -OCH3 is 1. The number of hydrogen-bond acceptors (Lipinski definition) is 4. The summed E-state index contributed by atoms with van der Waals surface area (Å²) < 4.78 is 11.6. The first kappa shape index (κ1) is 19.6. The van der Waals surface area contributed by atoms with E-state index in [0.29, 0.717) is 18.3 Å². The summed E-state index contributed by atoms with van der Waals surface area (Å²) in [5.74, 6) is 1.60. The first-order valence-electron chi connectivity index (χ1n) is 10.5. The van der Waals surface area contributed by atoms with E-state index in [1.54, 1.807) is 13.2 Å². The molecular formula is C23H33NO4. The molecule has 1 amide bonds. The Morgan fingerprint density at radius 1 is 1.36 bits per heavy atom. The number of carbonyl (C=O) groups is 1. The third-order valence-corrected chi connectivity index (χ3v) is 7.87. The molecule has 3 fully saturated rings. The smallest absolute Gasteiger partial charge is 0.222 e. The summed E-state index contributed by atoms with van der Waals surface area (Å²) in [6.07, 6.45) is 2.99. The highest BCUT2D eigenvalue weighted by Crippen LogP contribution is 2.70. The summed E-state index contributed by atoms with van der Waals surface area (Å²) in [4.78, 5) is 12.6. The monoisotopic (exact) mass is 387 g/mol. The first-order chi connectivity index (χ1) is 13.2. The minimum atomic E-state index is -0.164. The molecule has 3 aliphatic rings. The topological polar surface area (TPSA) is 67.8 Å². The van der Waals surface area contributed by atoms with Gasteiger partial charge in [0.15, 0.2) is 11.5 Å². The number of phenolic OH excluding ortho intramolecular Hbond substituents is 1. The SMILES string of the molecule is COc1cccc([C@H]2OCC[C@@]34C[C@@H](C[C@H]23)C(C)(C)[C@H]4NC(=O)C(C)C)c1O. The Morgan fingerprint density at radius 3 is 2.79 bits per heavy atom. The molecular weight excluding hydrogens is 354 g/mol. The maximum Gasteiger partial charge on any atom is 0.222 e. The van der Waals surface area contributed by atoms with E-state index >= 15 is 0 Å². The number of aromatic hydroxyl groups is 1. The molecule has 4 rings (SSSR count). The number of amides is 1. The van der Waals surface area contributed by atoms with Crippen LogP contribution in [0.25, 0.3) is 0 Å². The lowest BCUT2D eigenvalue weighted by molar-refractivity contribution is -0.139. The molecule has 2 saturated carbocycles. The second-order valence-electron chi connectivity index (χ2n) is 9.83. The van der Waals surface area contributed by atoms with E-state index in [-0.39, 0.29) is 46.5 Å². The van der Waals surface area contributed by atoms with E-state index in [0.717, 1.165) is 24.8 Å². The summed E-state index contributed by atoms with van der Waals surface area (Å²) in [5.41, 5.74) is 0.902. The van der Waals surface area contributed by atoms with E-state index in [1.807, 2.05) is 26.0 Å². The highest BCUT2D eigenvalue weighted by Gasteiger charge is 2.68. The Kier molecular flexibility index (Phi) is 4.65. The van der Waals surface area contributed by atoms with Crippen LogP contribution in [0.5, 0.6) is 11.5 Å². The van der Waals surface area contributed by atoms with Crippen molar-refractivity contribution in [3.8, 4) is 11.5 Å². The lowest BCUT2D eigenvalue weighted by atomic mass is 9.58. The summed E-state index contributed by atoms with van der Waals surface area (Å²) in [5, 5.41) is 14.2. The fourth-order valence-corrected chi connectivity index (χ4v) is 6.34. The van der Waals surface area contributed by atoms with Crippen LogP contribution in [-0.2, 0) is 9.53 Å². The van der Waals surface area contributed by atoms with Crippen LogP contribution < -0.4 is 10.1 Å². The zero-order valence-electron chi connectivity index (χ0n) is 17.6. The summed E-state index contributed by atoms with van der Waals surface area (Å²) >= 11 is 0. The molecule has 2 bridgehead atoms. The van der Waals surface area contributed by atoms with Crippen molar-refractivity contribution in [2.75, 3.05) is 13.7 Å². The van der Waals surface area contributed by atoms with Crippen molar-refractivity contribution in [2.45, 2.75) is 59.1 Å². The largest absolute Gasteiger partial charge is 0.504 e. The number of rotatable bonds is 4. The molecule has 28 heavy (non-hydrogen) atoms. The fraction of sp³-hybridized carbons (Fsp3) is 0.696. The Hall–Kier alpha value is -1.75. The van der Waals surface area contributed by atoms with E-state index in [4.69, 9.17) is 9.47 Å². The van der Waals surface area contributed by atoms with E-state index in [9.17, 15) is 9.90 Å². The van der Waals surface area contributed by atoms with E-state index < -0.39 is 0 Å². The van der Waals surface area contributed by atoms with Crippen molar-refractivity contribution in [1.82, 2.24) is 5.32 Å². The van der Waals surface area contributed by atoms with Crippen LogP contribution >= 0.6 is 0 Å². The summed E-state index contributed by atoms with van der Waals surface area (Å²) in [6, 6.07) is 5.76. The normalized spacial score (nSPS) is 35.6. The van der Waals surface area contributed by atoms with Crippen molar-refractivity contribution in [3.63, 3.8) is 0 Å². The zero-order chi connectivity index (χ0) is 20.3. The number of fused-ring (bicyclic) bond motifs is 1. The van der Waals surface area contributed by atoms with Crippen LogP contribution in [0, 0.1) is 28.6 Å². The highest BCUT2D eigenvalue weighted by atomic mass is 16.5. The molecule has 5 atom stereocenters. The average molecular weight is 388 g/mol. The van der Waals surface area contributed by atoms with Crippen molar-refractivity contribution < 1.29 is 19.4 Å². The van der Waals surface area contributed by atoms with Gasteiger partial charge in [0.05, 0.1) is 13.2 Å². The number of benzene rings is 1. The molecule has 0 radical (unpaired) electrons. The Balaban J connectivity index is 1.71. The minimum Gasteiger partial charge on any atom is -0.504 e. The number of phenols is 1. The van der Waals surface area contributed by atoms with Crippen LogP contribution in [-0.4, -0.2) is 30.8 Å². The highest BCUT2D eigenvalue weighted by molar-refractivity contribution is 5.78. The zero-order valence-corrected chi connectivity index (χ0v) is 17.6. The maximum absolute atomic E-state index is 12.6.